The van der Waals surface area contributed by atoms with Crippen LogP contribution in [0.15, 0.2) is 0 Å². The van der Waals surface area contributed by atoms with Crippen molar-refractivity contribution < 1.29 is 0 Å². The molecule has 0 atom stereocenters. The van der Waals surface area contributed by atoms with Gasteiger partial charge in [-0.15, -0.1) is 0 Å². The van der Waals surface area contributed by atoms with E-state index in [9.17, 15) is 0 Å². The molecule has 1 rings (SSSR count). The van der Waals surface area contributed by atoms with Crippen molar-refractivity contribution in [3.8, 4) is 6.07 Å². The van der Waals surface area contributed by atoms with Gasteiger partial charge in [0.05, 0.1) is 11.8 Å². The Kier molecular flexibility index (Phi) is 3.66. The summed E-state index contributed by atoms with van der Waals surface area (Å²) in [6, 6.07) is 2.10. The summed E-state index contributed by atoms with van der Waals surface area (Å²) in [5.74, 6) is 0. The molecule has 0 fully saturated rings. The van der Waals surface area contributed by atoms with Crippen LogP contribution in [0.2, 0.25) is 0 Å². The fourth-order valence-electron chi connectivity index (χ4n) is 1.46. The van der Waals surface area contributed by atoms with E-state index in [0.29, 0.717) is 6.54 Å². The quantitative estimate of drug-likeness (QED) is 0.778. The van der Waals surface area contributed by atoms with Gasteiger partial charge >= 0.3 is 0 Å². The van der Waals surface area contributed by atoms with Crippen molar-refractivity contribution in [2.24, 2.45) is 0 Å². The lowest BCUT2D eigenvalue weighted by Gasteiger charge is -2.02. The van der Waals surface area contributed by atoms with Gasteiger partial charge in [-0.3, -0.25) is 4.68 Å². The zero-order valence-electron chi connectivity index (χ0n) is 8.96. The topological polar surface area (TPSA) is 53.6 Å². The van der Waals surface area contributed by atoms with Gasteiger partial charge in [0.2, 0.25) is 0 Å². The highest BCUT2D eigenvalue weighted by Gasteiger charge is 2.09. The van der Waals surface area contributed by atoms with Gasteiger partial charge < -0.3 is 5.32 Å². The second-order valence-corrected chi connectivity index (χ2v) is 3.25. The van der Waals surface area contributed by atoms with Crippen molar-refractivity contribution in [1.29, 1.82) is 5.26 Å². The normalized spacial score (nSPS) is 10.1. The van der Waals surface area contributed by atoms with E-state index in [1.165, 1.54) is 5.56 Å². The zero-order chi connectivity index (χ0) is 10.6. The van der Waals surface area contributed by atoms with Crippen molar-refractivity contribution in [2.75, 3.05) is 6.54 Å². The lowest BCUT2D eigenvalue weighted by molar-refractivity contribution is 0.674. The highest BCUT2D eigenvalue weighted by atomic mass is 15.3. The van der Waals surface area contributed by atoms with Crippen molar-refractivity contribution in [2.45, 2.75) is 33.9 Å². The fourth-order valence-corrected chi connectivity index (χ4v) is 1.46. The molecule has 0 aromatic carbocycles. The average Bonchev–Trinajstić information content (AvgIpc) is 2.41. The molecule has 1 aromatic heterocycles. The van der Waals surface area contributed by atoms with Gasteiger partial charge in [0.1, 0.15) is 6.54 Å². The molecule has 1 aromatic rings. The van der Waals surface area contributed by atoms with E-state index in [2.05, 4.69) is 23.4 Å². The second kappa shape index (κ2) is 4.77. The third-order valence-electron chi connectivity index (χ3n) is 2.30. The number of hydrogen-bond acceptors (Lipinski definition) is 3. The molecule has 0 saturated heterocycles. The van der Waals surface area contributed by atoms with Crippen LogP contribution >= 0.6 is 0 Å². The monoisotopic (exact) mass is 192 g/mol. The van der Waals surface area contributed by atoms with Crippen LogP contribution in [0.4, 0.5) is 0 Å². The van der Waals surface area contributed by atoms with Crippen LogP contribution in [0.25, 0.3) is 0 Å². The molecule has 0 unspecified atom stereocenters. The van der Waals surface area contributed by atoms with E-state index in [4.69, 9.17) is 5.26 Å². The molecule has 14 heavy (non-hydrogen) atoms. The first kappa shape index (κ1) is 10.7. The summed E-state index contributed by atoms with van der Waals surface area (Å²) in [4.78, 5) is 0. The van der Waals surface area contributed by atoms with Crippen molar-refractivity contribution >= 4 is 0 Å². The Morgan fingerprint density at radius 3 is 2.79 bits per heavy atom. The minimum absolute atomic E-state index is 0.332. The first-order valence-electron chi connectivity index (χ1n) is 4.81. The standard InChI is InChI=1S/C10H16N4/c1-4-12-7-10-8(2)13-14(6-5-11)9(10)3/h12H,4,6-7H2,1-3H3. The maximum Gasteiger partial charge on any atom is 0.128 e. The maximum atomic E-state index is 8.59. The Labute approximate surface area is 84.5 Å². The number of hydrogen-bond donors (Lipinski definition) is 1. The summed E-state index contributed by atoms with van der Waals surface area (Å²) < 4.78 is 1.75. The van der Waals surface area contributed by atoms with Crippen LogP contribution in [-0.2, 0) is 13.1 Å². The molecule has 1 heterocycles. The minimum Gasteiger partial charge on any atom is -0.313 e. The number of nitrogens with one attached hydrogen (secondary N) is 1. The first-order valence-corrected chi connectivity index (χ1v) is 4.81. The van der Waals surface area contributed by atoms with Crippen LogP contribution < -0.4 is 5.32 Å². The first-order chi connectivity index (χ1) is 6.70. The third-order valence-corrected chi connectivity index (χ3v) is 2.30. The van der Waals surface area contributed by atoms with Gasteiger partial charge in [-0.1, -0.05) is 6.92 Å². The molecule has 0 radical (unpaired) electrons. The Morgan fingerprint density at radius 1 is 1.50 bits per heavy atom. The summed E-state index contributed by atoms with van der Waals surface area (Å²) in [6.45, 7) is 8.17. The van der Waals surface area contributed by atoms with E-state index in [1.54, 1.807) is 4.68 Å². The second-order valence-electron chi connectivity index (χ2n) is 3.25. The molecule has 0 bridgehead atoms. The Hall–Kier alpha value is -1.34. The van der Waals surface area contributed by atoms with Crippen molar-refractivity contribution in [3.63, 3.8) is 0 Å². The molecule has 1 N–H and O–H groups in total. The minimum atomic E-state index is 0.332. The molecular formula is C10H16N4. The molecule has 0 saturated carbocycles. The molecule has 0 amide bonds. The van der Waals surface area contributed by atoms with Crippen LogP contribution in [0.1, 0.15) is 23.9 Å². The van der Waals surface area contributed by atoms with Gasteiger partial charge in [-0.05, 0) is 20.4 Å². The average molecular weight is 192 g/mol. The van der Waals surface area contributed by atoms with Crippen LogP contribution in [0, 0.1) is 25.2 Å². The fraction of sp³-hybridized carbons (Fsp3) is 0.600. The summed E-state index contributed by atoms with van der Waals surface area (Å²) in [5.41, 5.74) is 3.31. The molecule has 0 aliphatic carbocycles. The van der Waals surface area contributed by atoms with E-state index < -0.39 is 0 Å². The van der Waals surface area contributed by atoms with Gasteiger partial charge in [-0.25, -0.2) is 0 Å². The SMILES string of the molecule is CCNCc1c(C)nn(CC#N)c1C. The van der Waals surface area contributed by atoms with Gasteiger partial charge in [0.15, 0.2) is 0 Å². The smallest absolute Gasteiger partial charge is 0.128 e. The number of aryl methyl sites for hydroxylation is 1. The largest absolute Gasteiger partial charge is 0.313 e. The van der Waals surface area contributed by atoms with E-state index >= 15 is 0 Å². The predicted octanol–water partition coefficient (Wildman–Crippen LogP) is 1.13. The number of rotatable bonds is 4. The Bertz CT molecular complexity index is 346. The molecule has 4 heteroatoms. The van der Waals surface area contributed by atoms with Gasteiger partial charge in [-0.2, -0.15) is 10.4 Å². The van der Waals surface area contributed by atoms with E-state index in [1.807, 2.05) is 13.8 Å². The van der Waals surface area contributed by atoms with Crippen LogP contribution in [0.3, 0.4) is 0 Å². The highest BCUT2D eigenvalue weighted by molar-refractivity contribution is 5.24. The number of nitriles is 1. The van der Waals surface area contributed by atoms with E-state index in [0.717, 1.165) is 24.5 Å². The summed E-state index contributed by atoms with van der Waals surface area (Å²) in [5, 5.41) is 16.2. The Balaban J connectivity index is 2.88. The van der Waals surface area contributed by atoms with Crippen LogP contribution in [-0.4, -0.2) is 16.3 Å². The number of aromatic nitrogens is 2. The molecule has 0 aliphatic heterocycles. The van der Waals surface area contributed by atoms with Crippen molar-refractivity contribution in [3.05, 3.63) is 17.0 Å². The Morgan fingerprint density at radius 2 is 2.21 bits per heavy atom. The third kappa shape index (κ3) is 2.12. The molecule has 76 valence electrons. The summed E-state index contributed by atoms with van der Waals surface area (Å²) in [6.07, 6.45) is 0. The molecular weight excluding hydrogens is 176 g/mol. The lowest BCUT2D eigenvalue weighted by Crippen LogP contribution is -2.13. The molecule has 0 aliphatic rings. The maximum absolute atomic E-state index is 8.59. The van der Waals surface area contributed by atoms with E-state index in [-0.39, 0.29) is 0 Å². The van der Waals surface area contributed by atoms with Crippen molar-refractivity contribution in [1.82, 2.24) is 15.1 Å². The van der Waals surface area contributed by atoms with Crippen LogP contribution in [0.5, 0.6) is 0 Å². The van der Waals surface area contributed by atoms with Gasteiger partial charge in [0.25, 0.3) is 0 Å². The molecule has 0 spiro atoms. The zero-order valence-corrected chi connectivity index (χ0v) is 8.96. The molecule has 4 nitrogen and oxygen atoms in total. The number of nitrogens with zero attached hydrogens (tertiary/aromatic N) is 3. The highest BCUT2D eigenvalue weighted by Crippen LogP contribution is 2.12. The predicted molar refractivity (Wildman–Crippen MR) is 54.7 cm³/mol. The lowest BCUT2D eigenvalue weighted by atomic mass is 10.2. The summed E-state index contributed by atoms with van der Waals surface area (Å²) >= 11 is 0. The van der Waals surface area contributed by atoms with Gasteiger partial charge in [0, 0.05) is 17.8 Å². The summed E-state index contributed by atoms with van der Waals surface area (Å²) in [7, 11) is 0.